The van der Waals surface area contributed by atoms with Crippen LogP contribution in [0.25, 0.3) is 32.0 Å². The van der Waals surface area contributed by atoms with Gasteiger partial charge in [0.2, 0.25) is 17.7 Å². The van der Waals surface area contributed by atoms with Crippen LogP contribution in [0.4, 0.5) is 0 Å². The zero-order valence-electron chi connectivity index (χ0n) is 31.3. The van der Waals surface area contributed by atoms with E-state index in [1.165, 1.54) is 0 Å². The molecule has 0 radical (unpaired) electrons. The zero-order valence-corrected chi connectivity index (χ0v) is 32.9. The number of carbonyl (C=O) groups is 3. The zero-order chi connectivity index (χ0) is 38.0. The molecule has 2 aromatic heterocycles. The third kappa shape index (κ3) is 7.77. The third-order valence-electron chi connectivity index (χ3n) is 11.5. The summed E-state index contributed by atoms with van der Waals surface area (Å²) in [5.41, 5.74) is 6.52. The molecule has 10 heteroatoms. The molecule has 3 fully saturated rings. The summed E-state index contributed by atoms with van der Waals surface area (Å²) < 4.78 is 0. The SMILES string of the molecule is O=C(N[C@@H](C(=O)N1CCC[C@@H]1c1ncc(-c2ccc(-c3ccc(-c4cnc([C@H]5CCCN5C(=O)Cc5ccccc5)s4)cc3)cc2)s1)C1=CC=CCC1)C1CC1. The molecule has 8 nitrogen and oxygen atoms in total. The maximum Gasteiger partial charge on any atom is 0.250 e. The Balaban J connectivity index is 0.850. The fraction of sp³-hybridized carbons (Fsp3) is 0.326. The first-order valence-electron chi connectivity index (χ1n) is 19.9. The van der Waals surface area contributed by atoms with Crippen LogP contribution >= 0.6 is 22.7 Å². The second-order valence-corrected chi connectivity index (χ2v) is 17.4. The lowest BCUT2D eigenvalue weighted by Gasteiger charge is -2.30. The van der Waals surface area contributed by atoms with Crippen LogP contribution in [0.5, 0.6) is 0 Å². The summed E-state index contributed by atoms with van der Waals surface area (Å²) in [6.07, 6.45) is 17.6. The summed E-state index contributed by atoms with van der Waals surface area (Å²) >= 11 is 3.33. The van der Waals surface area contributed by atoms with E-state index < -0.39 is 6.04 Å². The van der Waals surface area contributed by atoms with Crippen LogP contribution < -0.4 is 5.32 Å². The van der Waals surface area contributed by atoms with Gasteiger partial charge in [0.1, 0.15) is 16.1 Å². The van der Waals surface area contributed by atoms with Gasteiger partial charge in [0.15, 0.2) is 0 Å². The van der Waals surface area contributed by atoms with Crippen LogP contribution in [-0.2, 0) is 20.8 Å². The van der Waals surface area contributed by atoms with E-state index in [-0.39, 0.29) is 35.7 Å². The van der Waals surface area contributed by atoms with E-state index >= 15 is 0 Å². The van der Waals surface area contributed by atoms with Gasteiger partial charge < -0.3 is 15.1 Å². The molecule has 56 heavy (non-hydrogen) atoms. The molecule has 2 aliphatic carbocycles. The number of amides is 3. The number of likely N-dealkylation sites (tertiary alicyclic amines) is 2. The van der Waals surface area contributed by atoms with E-state index in [4.69, 9.17) is 9.97 Å². The maximum atomic E-state index is 14.1. The molecule has 9 rings (SSSR count). The highest BCUT2D eigenvalue weighted by Crippen LogP contribution is 2.40. The van der Waals surface area contributed by atoms with Crippen molar-refractivity contribution in [1.82, 2.24) is 25.1 Å². The first-order valence-corrected chi connectivity index (χ1v) is 21.5. The van der Waals surface area contributed by atoms with Crippen molar-refractivity contribution >= 4 is 40.4 Å². The van der Waals surface area contributed by atoms with E-state index in [1.807, 2.05) is 64.7 Å². The lowest BCUT2D eigenvalue weighted by atomic mass is 9.96. The highest BCUT2D eigenvalue weighted by molar-refractivity contribution is 7.15. The van der Waals surface area contributed by atoms with Gasteiger partial charge >= 0.3 is 0 Å². The van der Waals surface area contributed by atoms with Crippen molar-refractivity contribution < 1.29 is 14.4 Å². The van der Waals surface area contributed by atoms with Gasteiger partial charge in [0, 0.05) is 31.4 Å². The summed E-state index contributed by atoms with van der Waals surface area (Å²) in [5, 5.41) is 5.07. The van der Waals surface area contributed by atoms with Gasteiger partial charge in [0.05, 0.1) is 28.3 Å². The Hall–Kier alpha value is -5.19. The molecular weight excluding hydrogens is 735 g/mol. The Kier molecular flexibility index (Phi) is 10.5. The van der Waals surface area contributed by atoms with Crippen molar-refractivity contribution in [2.45, 2.75) is 75.9 Å². The van der Waals surface area contributed by atoms with Gasteiger partial charge in [-0.3, -0.25) is 14.4 Å². The standard InChI is InChI=1S/C46H45N5O3S2/c52-41(27-30-9-3-1-4-10-30)50-25-7-13-37(50)44-47-28-39(55-44)33-19-15-31(16-20-33)32-17-21-34(22-18-32)40-29-48-45(56-40)38-14-8-26-51(38)46(54)42(35-11-5-2-6-12-35)49-43(53)36-23-24-36/h1-5,9-11,15-22,28-29,36-38,42H,6-8,12-14,23-27H2,(H,49,53)/t37-,38-,42-/m1/s1. The fourth-order valence-corrected chi connectivity index (χ4v) is 10.4. The number of hydrogen-bond donors (Lipinski definition) is 1. The first kappa shape index (κ1) is 36.4. The summed E-state index contributed by atoms with van der Waals surface area (Å²) in [6, 6.07) is 26.5. The highest BCUT2D eigenvalue weighted by atomic mass is 32.1. The smallest absolute Gasteiger partial charge is 0.250 e. The maximum absolute atomic E-state index is 14.1. The molecule has 284 valence electrons. The molecule has 3 amide bonds. The molecule has 5 aromatic rings. The molecule has 1 N–H and O–H groups in total. The average molecular weight is 780 g/mol. The van der Waals surface area contributed by atoms with Crippen LogP contribution in [0.2, 0.25) is 0 Å². The number of thiazole rings is 2. The first-order chi connectivity index (χ1) is 27.5. The van der Waals surface area contributed by atoms with Crippen molar-refractivity contribution in [3.63, 3.8) is 0 Å². The van der Waals surface area contributed by atoms with Gasteiger partial charge in [-0.1, -0.05) is 97.1 Å². The monoisotopic (exact) mass is 779 g/mol. The number of hydrogen-bond acceptors (Lipinski definition) is 7. The highest BCUT2D eigenvalue weighted by Gasteiger charge is 2.40. The van der Waals surface area contributed by atoms with E-state index in [2.05, 4.69) is 59.9 Å². The van der Waals surface area contributed by atoms with Gasteiger partial charge in [-0.25, -0.2) is 9.97 Å². The minimum atomic E-state index is -0.612. The normalized spacial score (nSPS) is 19.9. The molecule has 2 aliphatic heterocycles. The molecule has 0 bridgehead atoms. The number of benzene rings is 3. The quantitative estimate of drug-likeness (QED) is 0.144. The number of aromatic nitrogens is 2. The minimum absolute atomic E-state index is 0.000102. The van der Waals surface area contributed by atoms with Gasteiger partial charge in [-0.05, 0) is 84.8 Å². The molecule has 3 aromatic carbocycles. The predicted octanol–water partition coefficient (Wildman–Crippen LogP) is 9.34. The van der Waals surface area contributed by atoms with Crippen molar-refractivity contribution in [2.24, 2.45) is 5.92 Å². The van der Waals surface area contributed by atoms with Crippen molar-refractivity contribution in [3.05, 3.63) is 131 Å². The Labute approximate surface area is 336 Å². The van der Waals surface area contributed by atoms with Crippen LogP contribution in [0.3, 0.4) is 0 Å². The molecule has 4 heterocycles. The van der Waals surface area contributed by atoms with Crippen molar-refractivity contribution in [3.8, 4) is 32.0 Å². The number of allylic oxidation sites excluding steroid dienone is 3. The van der Waals surface area contributed by atoms with Crippen LogP contribution in [0.1, 0.15) is 79.0 Å². The fourth-order valence-electron chi connectivity index (χ4n) is 8.23. The second-order valence-electron chi connectivity index (χ2n) is 15.3. The van der Waals surface area contributed by atoms with Gasteiger partial charge in [0.25, 0.3) is 0 Å². The summed E-state index contributed by atoms with van der Waals surface area (Å²) in [5.74, 6) is 0.195. The Morgan fingerprint density at radius 1 is 0.714 bits per heavy atom. The van der Waals surface area contributed by atoms with Crippen LogP contribution in [-0.4, -0.2) is 56.6 Å². The summed E-state index contributed by atoms with van der Waals surface area (Å²) in [7, 11) is 0. The van der Waals surface area contributed by atoms with E-state index in [0.717, 1.165) is 111 Å². The van der Waals surface area contributed by atoms with Crippen LogP contribution in [0.15, 0.2) is 115 Å². The minimum Gasteiger partial charge on any atom is -0.341 e. The number of rotatable bonds is 11. The Morgan fingerprint density at radius 2 is 1.29 bits per heavy atom. The topological polar surface area (TPSA) is 95.5 Å². The Bertz CT molecular complexity index is 2270. The lowest BCUT2D eigenvalue weighted by molar-refractivity contribution is -0.136. The summed E-state index contributed by atoms with van der Waals surface area (Å²) in [6.45, 7) is 1.45. The average Bonchev–Trinajstić information content (AvgIpc) is 3.69. The molecule has 1 saturated carbocycles. The van der Waals surface area contributed by atoms with E-state index in [0.29, 0.717) is 13.0 Å². The largest absolute Gasteiger partial charge is 0.341 e. The van der Waals surface area contributed by atoms with Gasteiger partial charge in [-0.15, -0.1) is 22.7 Å². The molecule has 3 atom stereocenters. The van der Waals surface area contributed by atoms with Crippen LogP contribution in [0, 0.1) is 5.92 Å². The molecule has 4 aliphatic rings. The lowest BCUT2D eigenvalue weighted by Crippen LogP contribution is -2.50. The molecule has 2 saturated heterocycles. The number of nitrogens with one attached hydrogen (secondary N) is 1. The van der Waals surface area contributed by atoms with Crippen molar-refractivity contribution in [2.75, 3.05) is 13.1 Å². The van der Waals surface area contributed by atoms with Crippen molar-refractivity contribution in [1.29, 1.82) is 0 Å². The summed E-state index contributed by atoms with van der Waals surface area (Å²) in [4.78, 5) is 56.0. The Morgan fingerprint density at radius 3 is 1.86 bits per heavy atom. The molecule has 0 spiro atoms. The van der Waals surface area contributed by atoms with E-state index in [1.54, 1.807) is 22.7 Å². The predicted molar refractivity (Wildman–Crippen MR) is 223 cm³/mol. The molecular formula is C46H45N5O3S2. The van der Waals surface area contributed by atoms with Gasteiger partial charge in [-0.2, -0.15) is 0 Å². The van der Waals surface area contributed by atoms with E-state index in [9.17, 15) is 14.4 Å². The third-order valence-corrected chi connectivity index (χ3v) is 13.8. The number of carbonyl (C=O) groups excluding carboxylic acids is 3. The second kappa shape index (κ2) is 16.1. The number of nitrogens with zero attached hydrogens (tertiary/aromatic N) is 4. The molecule has 0 unspecified atom stereocenters.